The van der Waals surface area contributed by atoms with Gasteiger partial charge < -0.3 is 14.8 Å². The maximum absolute atomic E-state index is 12.3. The van der Waals surface area contributed by atoms with Crippen LogP contribution in [0.25, 0.3) is 0 Å². The molecule has 0 atom stereocenters. The summed E-state index contributed by atoms with van der Waals surface area (Å²) in [5.74, 6) is -2.28. The van der Waals surface area contributed by atoms with E-state index in [9.17, 15) is 28.5 Å². The quantitative estimate of drug-likeness (QED) is 0.432. The number of nitrogens with zero attached hydrogens (tertiary/aromatic N) is 1. The Bertz CT molecular complexity index is 878. The topological polar surface area (TPSA) is 108 Å². The maximum atomic E-state index is 12.3. The van der Waals surface area contributed by atoms with Crippen LogP contribution >= 0.6 is 11.6 Å². The summed E-state index contributed by atoms with van der Waals surface area (Å²) in [5, 5.41) is 13.2. The fourth-order valence-corrected chi connectivity index (χ4v) is 2.17. The molecule has 8 nitrogen and oxygen atoms in total. The molecule has 0 heterocycles. The number of hydrogen-bond donors (Lipinski definition) is 1. The van der Waals surface area contributed by atoms with Crippen LogP contribution in [0.3, 0.4) is 0 Å². The third-order valence-corrected chi connectivity index (χ3v) is 3.32. The molecule has 0 aliphatic rings. The number of ether oxygens (including phenoxy) is 2. The number of nitro groups is 1. The minimum absolute atomic E-state index is 0.0624. The van der Waals surface area contributed by atoms with E-state index in [0.29, 0.717) is 0 Å². The van der Waals surface area contributed by atoms with Crippen molar-refractivity contribution < 1.29 is 32.8 Å². The average Bonchev–Trinajstić information content (AvgIpc) is 2.60. The summed E-state index contributed by atoms with van der Waals surface area (Å²) in [6.07, 6.45) is 0. The van der Waals surface area contributed by atoms with Crippen LogP contribution in [0.4, 0.5) is 20.2 Å². The van der Waals surface area contributed by atoms with Gasteiger partial charge in [-0.3, -0.25) is 14.9 Å². The molecular formula is C16H11ClF2N2O6. The summed E-state index contributed by atoms with van der Waals surface area (Å²) in [5.41, 5.74) is -1.03. The van der Waals surface area contributed by atoms with Gasteiger partial charge in [0.2, 0.25) is 0 Å². The number of alkyl halides is 2. The van der Waals surface area contributed by atoms with Crippen molar-refractivity contribution in [2.45, 2.75) is 6.61 Å². The highest BCUT2D eigenvalue weighted by atomic mass is 35.5. The molecule has 0 aliphatic heterocycles. The summed E-state index contributed by atoms with van der Waals surface area (Å²) >= 11 is 5.71. The Kier molecular flexibility index (Phi) is 6.61. The van der Waals surface area contributed by atoms with Gasteiger partial charge >= 0.3 is 12.6 Å². The predicted octanol–water partition coefficient (Wildman–Crippen LogP) is 3.65. The number of hydrogen-bond acceptors (Lipinski definition) is 6. The summed E-state index contributed by atoms with van der Waals surface area (Å²) in [6.45, 7) is -3.91. The molecule has 0 aliphatic carbocycles. The Morgan fingerprint density at radius 3 is 2.59 bits per heavy atom. The zero-order valence-corrected chi connectivity index (χ0v) is 14.1. The first-order valence-corrected chi connectivity index (χ1v) is 7.60. The van der Waals surface area contributed by atoms with Gasteiger partial charge in [0.1, 0.15) is 11.3 Å². The first-order valence-electron chi connectivity index (χ1n) is 7.22. The number of carbonyl (C=O) groups excluding carboxylic acids is 2. The van der Waals surface area contributed by atoms with Crippen LogP contribution in [-0.2, 0) is 9.53 Å². The molecule has 0 unspecified atom stereocenters. The second-order valence-corrected chi connectivity index (χ2v) is 5.35. The van der Waals surface area contributed by atoms with E-state index in [1.165, 1.54) is 30.3 Å². The van der Waals surface area contributed by atoms with Gasteiger partial charge in [0, 0.05) is 11.1 Å². The smallest absolute Gasteiger partial charge is 0.387 e. The zero-order valence-electron chi connectivity index (χ0n) is 13.4. The molecule has 0 radical (unpaired) electrons. The van der Waals surface area contributed by atoms with Gasteiger partial charge in [0.15, 0.2) is 6.61 Å². The highest BCUT2D eigenvalue weighted by molar-refractivity contribution is 6.31. The average molecular weight is 401 g/mol. The highest BCUT2D eigenvalue weighted by Crippen LogP contribution is 2.26. The Morgan fingerprint density at radius 2 is 1.93 bits per heavy atom. The number of carbonyl (C=O) groups is 2. The van der Waals surface area contributed by atoms with E-state index in [1.54, 1.807) is 0 Å². The van der Waals surface area contributed by atoms with Crippen LogP contribution in [0.5, 0.6) is 5.75 Å². The molecule has 0 saturated carbocycles. The normalized spacial score (nSPS) is 10.4. The second kappa shape index (κ2) is 8.90. The lowest BCUT2D eigenvalue weighted by molar-refractivity contribution is -0.385. The lowest BCUT2D eigenvalue weighted by Crippen LogP contribution is -2.22. The number of anilines is 1. The fourth-order valence-electron chi connectivity index (χ4n) is 1.99. The van der Waals surface area contributed by atoms with E-state index >= 15 is 0 Å². The van der Waals surface area contributed by atoms with Gasteiger partial charge in [-0.25, -0.2) is 4.79 Å². The van der Waals surface area contributed by atoms with Crippen molar-refractivity contribution in [3.8, 4) is 5.75 Å². The molecule has 2 rings (SSSR count). The Balaban J connectivity index is 2.04. The molecule has 1 N–H and O–H groups in total. The molecule has 27 heavy (non-hydrogen) atoms. The van der Waals surface area contributed by atoms with E-state index < -0.39 is 41.3 Å². The van der Waals surface area contributed by atoms with Gasteiger partial charge in [-0.05, 0) is 24.3 Å². The van der Waals surface area contributed by atoms with E-state index in [2.05, 4.69) is 10.1 Å². The molecule has 142 valence electrons. The van der Waals surface area contributed by atoms with E-state index in [1.807, 2.05) is 0 Å². The van der Waals surface area contributed by atoms with Gasteiger partial charge in [0.25, 0.3) is 11.6 Å². The minimum Gasteiger partial charge on any atom is -0.452 e. The van der Waals surface area contributed by atoms with Crippen LogP contribution in [0.15, 0.2) is 42.5 Å². The summed E-state index contributed by atoms with van der Waals surface area (Å²) in [4.78, 5) is 34.0. The molecule has 11 heteroatoms. The van der Waals surface area contributed by atoms with Crippen molar-refractivity contribution in [2.24, 2.45) is 0 Å². The van der Waals surface area contributed by atoms with Gasteiger partial charge in [-0.1, -0.05) is 23.7 Å². The van der Waals surface area contributed by atoms with Crippen LogP contribution in [-0.4, -0.2) is 30.0 Å². The number of rotatable bonds is 7. The SMILES string of the molecule is O=C(COC(=O)c1cc(Cl)ccc1[N+](=O)[O-])Nc1ccccc1OC(F)F. The third kappa shape index (κ3) is 5.61. The molecule has 0 bridgehead atoms. The number of para-hydroxylation sites is 2. The van der Waals surface area contributed by atoms with Crippen molar-refractivity contribution in [1.82, 2.24) is 0 Å². The number of nitro benzene ring substituents is 1. The third-order valence-electron chi connectivity index (χ3n) is 3.09. The molecule has 0 fully saturated rings. The molecule has 0 saturated heterocycles. The minimum atomic E-state index is -3.09. The van der Waals surface area contributed by atoms with Crippen molar-refractivity contribution in [3.05, 3.63) is 63.2 Å². The van der Waals surface area contributed by atoms with Crippen LogP contribution in [0.2, 0.25) is 5.02 Å². The van der Waals surface area contributed by atoms with Crippen molar-refractivity contribution in [2.75, 3.05) is 11.9 Å². The largest absolute Gasteiger partial charge is 0.452 e. The van der Waals surface area contributed by atoms with Crippen LogP contribution in [0, 0.1) is 10.1 Å². The molecule has 0 aromatic heterocycles. The van der Waals surface area contributed by atoms with Gasteiger partial charge in [-0.15, -0.1) is 0 Å². The van der Waals surface area contributed by atoms with Gasteiger partial charge in [0.05, 0.1) is 10.6 Å². The first-order chi connectivity index (χ1) is 12.8. The summed E-state index contributed by atoms with van der Waals surface area (Å²) in [7, 11) is 0. The highest BCUT2D eigenvalue weighted by Gasteiger charge is 2.22. The number of esters is 1. The Morgan fingerprint density at radius 1 is 1.22 bits per heavy atom. The lowest BCUT2D eigenvalue weighted by Gasteiger charge is -2.11. The standard InChI is InChI=1S/C16H11ClF2N2O6/c17-9-5-6-12(21(24)25)10(7-9)15(23)26-8-14(22)20-11-3-1-2-4-13(11)27-16(18)19/h1-7,16H,8H2,(H,20,22). The number of nitrogens with one attached hydrogen (secondary N) is 1. The maximum Gasteiger partial charge on any atom is 0.387 e. The van der Waals surface area contributed by atoms with E-state index in [0.717, 1.165) is 12.1 Å². The number of amides is 1. The molecule has 0 spiro atoms. The summed E-state index contributed by atoms with van der Waals surface area (Å²) < 4.78 is 33.7. The van der Waals surface area contributed by atoms with E-state index in [-0.39, 0.29) is 16.5 Å². The molecule has 1 amide bonds. The number of halogens is 3. The first kappa shape index (κ1) is 20.0. The second-order valence-electron chi connectivity index (χ2n) is 4.92. The fraction of sp³-hybridized carbons (Fsp3) is 0.125. The van der Waals surface area contributed by atoms with Crippen molar-refractivity contribution >= 4 is 34.9 Å². The van der Waals surface area contributed by atoms with E-state index in [4.69, 9.17) is 16.3 Å². The molecule has 2 aromatic carbocycles. The van der Waals surface area contributed by atoms with Crippen LogP contribution < -0.4 is 10.1 Å². The van der Waals surface area contributed by atoms with Crippen molar-refractivity contribution in [3.63, 3.8) is 0 Å². The summed E-state index contributed by atoms with van der Waals surface area (Å²) in [6, 6.07) is 8.69. The molecule has 2 aromatic rings. The zero-order chi connectivity index (χ0) is 20.0. The predicted molar refractivity (Wildman–Crippen MR) is 90.1 cm³/mol. The van der Waals surface area contributed by atoms with Gasteiger partial charge in [-0.2, -0.15) is 8.78 Å². The van der Waals surface area contributed by atoms with Crippen LogP contribution in [0.1, 0.15) is 10.4 Å². The number of benzene rings is 2. The Labute approximate surface area is 155 Å². The monoisotopic (exact) mass is 400 g/mol. The molecular weight excluding hydrogens is 390 g/mol. The van der Waals surface area contributed by atoms with Crippen molar-refractivity contribution in [1.29, 1.82) is 0 Å². The lowest BCUT2D eigenvalue weighted by atomic mass is 10.2. The Hall–Kier alpha value is -3.27.